The second kappa shape index (κ2) is 8.97. The number of carboxylic acids is 1. The van der Waals surface area contributed by atoms with Crippen molar-refractivity contribution in [3.63, 3.8) is 0 Å². The third-order valence-corrected chi connectivity index (χ3v) is 7.26. The van der Waals surface area contributed by atoms with E-state index < -0.39 is 5.97 Å². The number of thioether (sulfide) groups is 2. The zero-order valence-electron chi connectivity index (χ0n) is 15.6. The summed E-state index contributed by atoms with van der Waals surface area (Å²) >= 11 is 3.45. The minimum atomic E-state index is -0.962. The standard InChI is InChI=1S/C20H24N2O3S2/c1-26-20(27-2)15-10-6-9-14-18(15)21-22(16(23)11-12-17(24)25)19(14)13-7-4-3-5-8-13/h3-5,7-8,14,19H,6,9-12H2,1-2H3,(H,24,25). The summed E-state index contributed by atoms with van der Waals surface area (Å²) in [4.78, 5) is 23.7. The van der Waals surface area contributed by atoms with E-state index in [1.165, 1.54) is 9.81 Å². The number of carbonyl (C=O) groups excluding carboxylic acids is 1. The number of carboxylic acid groups (broad SMARTS) is 1. The van der Waals surface area contributed by atoms with E-state index in [0.29, 0.717) is 0 Å². The maximum Gasteiger partial charge on any atom is 0.303 e. The molecule has 1 saturated carbocycles. The van der Waals surface area contributed by atoms with Gasteiger partial charge in [0.15, 0.2) is 0 Å². The molecule has 0 saturated heterocycles. The van der Waals surface area contributed by atoms with E-state index in [0.717, 1.165) is 30.5 Å². The van der Waals surface area contributed by atoms with Gasteiger partial charge in [-0.3, -0.25) is 9.59 Å². The lowest BCUT2D eigenvalue weighted by atomic mass is 9.78. The molecule has 0 spiro atoms. The number of aliphatic carboxylic acids is 1. The Morgan fingerprint density at radius 3 is 2.52 bits per heavy atom. The lowest BCUT2D eigenvalue weighted by Crippen LogP contribution is -2.32. The van der Waals surface area contributed by atoms with Gasteiger partial charge in [-0.25, -0.2) is 5.01 Å². The van der Waals surface area contributed by atoms with Crippen molar-refractivity contribution in [2.24, 2.45) is 11.0 Å². The molecule has 3 rings (SSSR count). The van der Waals surface area contributed by atoms with Gasteiger partial charge >= 0.3 is 5.97 Å². The van der Waals surface area contributed by atoms with Crippen molar-refractivity contribution in [3.05, 3.63) is 45.7 Å². The fourth-order valence-electron chi connectivity index (χ4n) is 3.88. The molecule has 7 heteroatoms. The van der Waals surface area contributed by atoms with Crippen LogP contribution in [0.2, 0.25) is 0 Å². The number of nitrogens with zero attached hydrogens (tertiary/aromatic N) is 2. The van der Waals surface area contributed by atoms with Crippen molar-refractivity contribution in [2.45, 2.75) is 38.1 Å². The molecule has 1 aromatic carbocycles. The zero-order valence-corrected chi connectivity index (χ0v) is 17.2. The lowest BCUT2D eigenvalue weighted by Gasteiger charge is -2.30. The predicted molar refractivity (Wildman–Crippen MR) is 112 cm³/mol. The Balaban J connectivity index is 2.01. The Bertz CT molecular complexity index is 771. The second-order valence-electron chi connectivity index (χ2n) is 6.65. The van der Waals surface area contributed by atoms with Gasteiger partial charge in [0.2, 0.25) is 5.91 Å². The van der Waals surface area contributed by atoms with Crippen LogP contribution in [-0.4, -0.2) is 40.2 Å². The highest BCUT2D eigenvalue weighted by molar-refractivity contribution is 8.21. The van der Waals surface area contributed by atoms with Gasteiger partial charge in [0.05, 0.1) is 18.2 Å². The predicted octanol–water partition coefficient (Wildman–Crippen LogP) is 4.53. The van der Waals surface area contributed by atoms with E-state index in [2.05, 4.69) is 12.5 Å². The zero-order chi connectivity index (χ0) is 19.4. The molecule has 2 atom stereocenters. The third-order valence-electron chi connectivity index (χ3n) is 5.03. The smallest absolute Gasteiger partial charge is 0.303 e. The Morgan fingerprint density at radius 2 is 1.89 bits per heavy atom. The van der Waals surface area contributed by atoms with Crippen molar-refractivity contribution in [1.29, 1.82) is 0 Å². The molecule has 1 heterocycles. The topological polar surface area (TPSA) is 70.0 Å². The molecule has 27 heavy (non-hydrogen) atoms. The number of hydrazone groups is 1. The molecule has 5 nitrogen and oxygen atoms in total. The van der Waals surface area contributed by atoms with Crippen molar-refractivity contribution in [3.8, 4) is 0 Å². The van der Waals surface area contributed by atoms with Crippen LogP contribution >= 0.6 is 23.5 Å². The Labute approximate surface area is 168 Å². The van der Waals surface area contributed by atoms with Gasteiger partial charge in [-0.15, -0.1) is 23.5 Å². The van der Waals surface area contributed by atoms with Gasteiger partial charge in [-0.1, -0.05) is 30.3 Å². The molecule has 1 aromatic rings. The van der Waals surface area contributed by atoms with Crippen molar-refractivity contribution in [2.75, 3.05) is 12.5 Å². The summed E-state index contributed by atoms with van der Waals surface area (Å²) in [7, 11) is 0. The van der Waals surface area contributed by atoms with E-state index in [1.807, 2.05) is 30.3 Å². The summed E-state index contributed by atoms with van der Waals surface area (Å²) in [6, 6.07) is 9.82. The number of rotatable bonds is 6. The molecule has 0 aromatic heterocycles. The number of hydrogen-bond acceptors (Lipinski definition) is 5. The highest BCUT2D eigenvalue weighted by Gasteiger charge is 2.44. The molecule has 2 unspecified atom stereocenters. The highest BCUT2D eigenvalue weighted by Crippen LogP contribution is 2.46. The highest BCUT2D eigenvalue weighted by atomic mass is 32.2. The van der Waals surface area contributed by atoms with Gasteiger partial charge in [0, 0.05) is 16.6 Å². The summed E-state index contributed by atoms with van der Waals surface area (Å²) < 4.78 is 1.25. The minimum absolute atomic E-state index is 0.0286. The Kier molecular flexibility index (Phi) is 6.65. The van der Waals surface area contributed by atoms with Gasteiger partial charge in [-0.2, -0.15) is 5.10 Å². The van der Waals surface area contributed by atoms with Crippen molar-refractivity contribution < 1.29 is 14.7 Å². The van der Waals surface area contributed by atoms with Crippen LogP contribution in [0.3, 0.4) is 0 Å². The third kappa shape index (κ3) is 4.24. The molecular formula is C20H24N2O3S2. The van der Waals surface area contributed by atoms with E-state index in [4.69, 9.17) is 10.2 Å². The number of hydrogen-bond donors (Lipinski definition) is 1. The first-order chi connectivity index (χ1) is 13.1. The summed E-state index contributed by atoms with van der Waals surface area (Å²) in [5.41, 5.74) is 3.32. The van der Waals surface area contributed by atoms with E-state index in [1.54, 1.807) is 28.5 Å². The summed E-state index contributed by atoms with van der Waals surface area (Å²) in [6.07, 6.45) is 6.98. The molecule has 1 amide bonds. The van der Waals surface area contributed by atoms with Crippen LogP contribution in [0.15, 0.2) is 45.2 Å². The van der Waals surface area contributed by atoms with Crippen LogP contribution in [-0.2, 0) is 9.59 Å². The van der Waals surface area contributed by atoms with Crippen molar-refractivity contribution >= 4 is 41.1 Å². The summed E-state index contributed by atoms with van der Waals surface area (Å²) in [5, 5.41) is 15.3. The number of fused-ring (bicyclic) bond motifs is 1. The number of benzene rings is 1. The first-order valence-corrected chi connectivity index (χ1v) is 11.5. The maximum absolute atomic E-state index is 12.8. The second-order valence-corrected chi connectivity index (χ2v) is 8.54. The van der Waals surface area contributed by atoms with E-state index in [9.17, 15) is 9.59 Å². The van der Waals surface area contributed by atoms with E-state index >= 15 is 0 Å². The van der Waals surface area contributed by atoms with Crippen LogP contribution in [0.1, 0.15) is 43.7 Å². The van der Waals surface area contributed by atoms with E-state index in [-0.39, 0.29) is 30.7 Å². The monoisotopic (exact) mass is 404 g/mol. The minimum Gasteiger partial charge on any atom is -0.481 e. The van der Waals surface area contributed by atoms with Crippen LogP contribution in [0.4, 0.5) is 0 Å². The summed E-state index contributed by atoms with van der Waals surface area (Å²) in [6.45, 7) is 0. The van der Waals surface area contributed by atoms with Gasteiger partial charge in [0.1, 0.15) is 0 Å². The summed E-state index contributed by atoms with van der Waals surface area (Å²) in [5.74, 6) is -1.02. The maximum atomic E-state index is 12.8. The Morgan fingerprint density at radius 1 is 1.19 bits per heavy atom. The molecular weight excluding hydrogens is 380 g/mol. The lowest BCUT2D eigenvalue weighted by molar-refractivity contribution is -0.141. The normalized spacial score (nSPS) is 21.6. The molecule has 1 aliphatic carbocycles. The van der Waals surface area contributed by atoms with Crippen LogP contribution in [0, 0.1) is 5.92 Å². The van der Waals surface area contributed by atoms with Crippen LogP contribution in [0.5, 0.6) is 0 Å². The largest absolute Gasteiger partial charge is 0.481 e. The molecule has 1 fully saturated rings. The fraction of sp³-hybridized carbons (Fsp3) is 0.450. The molecule has 1 aliphatic heterocycles. The molecule has 144 valence electrons. The van der Waals surface area contributed by atoms with Crippen LogP contribution in [0.25, 0.3) is 0 Å². The number of allylic oxidation sites excluding steroid dienone is 1. The molecule has 2 aliphatic rings. The molecule has 0 radical (unpaired) electrons. The quantitative estimate of drug-likeness (QED) is 0.754. The number of carbonyl (C=O) groups is 2. The van der Waals surface area contributed by atoms with Crippen molar-refractivity contribution in [1.82, 2.24) is 5.01 Å². The fourth-order valence-corrected chi connectivity index (χ4v) is 5.45. The van der Waals surface area contributed by atoms with Crippen LogP contribution < -0.4 is 0 Å². The first-order valence-electron chi connectivity index (χ1n) is 9.05. The number of amides is 1. The molecule has 0 bridgehead atoms. The van der Waals surface area contributed by atoms with Gasteiger partial charge in [0.25, 0.3) is 0 Å². The first kappa shape index (κ1) is 20.0. The SMILES string of the molecule is CSC(SC)=C1CCCC2C1=NN(C(=O)CCC(=O)O)C2c1ccccc1. The average molecular weight is 405 g/mol. The Hall–Kier alpha value is -1.73. The van der Waals surface area contributed by atoms with Gasteiger partial charge < -0.3 is 5.11 Å². The average Bonchev–Trinajstić information content (AvgIpc) is 3.08. The van der Waals surface area contributed by atoms with Gasteiger partial charge in [-0.05, 0) is 42.9 Å². The molecule has 1 N–H and O–H groups in total.